The number of hydrogen-bond donors (Lipinski definition) is 2. The highest BCUT2D eigenvalue weighted by Crippen LogP contribution is 2.31. The summed E-state index contributed by atoms with van der Waals surface area (Å²) >= 11 is 0. The number of benzene rings is 1. The summed E-state index contributed by atoms with van der Waals surface area (Å²) in [6, 6.07) is 4.72. The Hall–Kier alpha value is -2.90. The first-order valence-corrected chi connectivity index (χ1v) is 7.70. The molecule has 1 aliphatic rings. The van der Waals surface area contributed by atoms with Gasteiger partial charge >= 0.3 is 0 Å². The summed E-state index contributed by atoms with van der Waals surface area (Å²) in [6.07, 6.45) is 2.02. The Morgan fingerprint density at radius 3 is 2.75 bits per heavy atom. The molecule has 0 unspecified atom stereocenters. The van der Waals surface area contributed by atoms with Crippen molar-refractivity contribution in [1.82, 2.24) is 10.3 Å². The third kappa shape index (κ3) is 3.53. The van der Waals surface area contributed by atoms with E-state index in [-0.39, 0.29) is 17.8 Å². The van der Waals surface area contributed by atoms with Gasteiger partial charge in [0.05, 0.1) is 17.2 Å². The van der Waals surface area contributed by atoms with E-state index in [1.165, 1.54) is 6.07 Å². The van der Waals surface area contributed by atoms with Crippen LogP contribution >= 0.6 is 0 Å². The number of rotatable bonds is 6. The molecule has 0 radical (unpaired) electrons. The molecule has 0 atom stereocenters. The fourth-order valence-corrected chi connectivity index (χ4v) is 2.27. The summed E-state index contributed by atoms with van der Waals surface area (Å²) in [4.78, 5) is 27.1. The smallest absolute Gasteiger partial charge is 0.293 e. The Morgan fingerprint density at radius 1 is 1.42 bits per heavy atom. The summed E-state index contributed by atoms with van der Waals surface area (Å²) in [6.45, 7) is 3.74. The first kappa shape index (κ1) is 16.0. The zero-order chi connectivity index (χ0) is 17.3. The molecule has 0 aliphatic heterocycles. The largest absolute Gasteiger partial charge is 0.444 e. The number of anilines is 1. The summed E-state index contributed by atoms with van der Waals surface area (Å²) in [5.74, 6) is 0.690. The Kier molecular flexibility index (Phi) is 4.20. The van der Waals surface area contributed by atoms with Crippen molar-refractivity contribution in [3.05, 3.63) is 51.2 Å². The molecule has 1 aliphatic carbocycles. The molecule has 2 N–H and O–H groups in total. The van der Waals surface area contributed by atoms with Crippen LogP contribution in [-0.4, -0.2) is 21.9 Å². The molecule has 24 heavy (non-hydrogen) atoms. The lowest BCUT2D eigenvalue weighted by Crippen LogP contribution is -2.23. The van der Waals surface area contributed by atoms with Gasteiger partial charge in [-0.3, -0.25) is 14.9 Å². The number of nitro groups is 1. The monoisotopic (exact) mass is 330 g/mol. The zero-order valence-corrected chi connectivity index (χ0v) is 13.5. The van der Waals surface area contributed by atoms with E-state index >= 15 is 0 Å². The highest BCUT2D eigenvalue weighted by Gasteiger charge is 2.25. The van der Waals surface area contributed by atoms with Crippen LogP contribution in [0.3, 0.4) is 0 Å². The molecule has 0 spiro atoms. The van der Waals surface area contributed by atoms with E-state index in [2.05, 4.69) is 15.6 Å². The molecule has 3 rings (SSSR count). The number of carbonyl (C=O) groups is 1. The Labute approximate surface area is 138 Å². The van der Waals surface area contributed by atoms with Gasteiger partial charge in [0.15, 0.2) is 0 Å². The topological polar surface area (TPSA) is 110 Å². The van der Waals surface area contributed by atoms with Gasteiger partial charge in [-0.1, -0.05) is 0 Å². The summed E-state index contributed by atoms with van der Waals surface area (Å²) in [5, 5.41) is 17.0. The predicted octanol–water partition coefficient (Wildman–Crippen LogP) is 2.70. The molecule has 1 amide bonds. The van der Waals surface area contributed by atoms with Crippen molar-refractivity contribution in [2.75, 3.05) is 5.32 Å². The van der Waals surface area contributed by atoms with Crippen molar-refractivity contribution < 1.29 is 14.1 Å². The van der Waals surface area contributed by atoms with E-state index < -0.39 is 10.8 Å². The number of hydrogen-bond acceptors (Lipinski definition) is 6. The van der Waals surface area contributed by atoms with Gasteiger partial charge in [-0.05, 0) is 38.8 Å². The Bertz CT molecular complexity index is 776. The van der Waals surface area contributed by atoms with E-state index in [4.69, 9.17) is 4.42 Å². The molecule has 1 fully saturated rings. The van der Waals surface area contributed by atoms with E-state index in [0.29, 0.717) is 23.4 Å². The van der Waals surface area contributed by atoms with E-state index in [1.54, 1.807) is 19.1 Å². The molecule has 8 heteroatoms. The molecule has 0 saturated heterocycles. The van der Waals surface area contributed by atoms with E-state index in [9.17, 15) is 14.9 Å². The van der Waals surface area contributed by atoms with Gasteiger partial charge in [-0.25, -0.2) is 4.98 Å². The molecule has 1 aromatic carbocycles. The maximum absolute atomic E-state index is 12.2. The average molecular weight is 330 g/mol. The van der Waals surface area contributed by atoms with Crippen molar-refractivity contribution >= 4 is 17.3 Å². The molecule has 2 aromatic rings. The highest BCUT2D eigenvalue weighted by molar-refractivity contribution is 5.95. The van der Waals surface area contributed by atoms with Crippen molar-refractivity contribution in [3.8, 4) is 0 Å². The number of nitro benzene ring substituents is 1. The number of aromatic nitrogens is 1. The summed E-state index contributed by atoms with van der Waals surface area (Å²) in [5.41, 5.74) is 1.34. The zero-order valence-electron chi connectivity index (χ0n) is 13.5. The second-order valence-electron chi connectivity index (χ2n) is 5.84. The summed E-state index contributed by atoms with van der Waals surface area (Å²) < 4.78 is 5.39. The minimum absolute atomic E-state index is 0.0997. The van der Waals surface area contributed by atoms with Gasteiger partial charge in [-0.15, -0.1) is 0 Å². The van der Waals surface area contributed by atoms with Crippen LogP contribution in [0.25, 0.3) is 0 Å². The van der Waals surface area contributed by atoms with E-state index in [1.807, 2.05) is 6.92 Å². The van der Waals surface area contributed by atoms with Crippen LogP contribution in [0.5, 0.6) is 0 Å². The highest BCUT2D eigenvalue weighted by atomic mass is 16.6. The van der Waals surface area contributed by atoms with Gasteiger partial charge in [0, 0.05) is 17.7 Å². The molecule has 0 bridgehead atoms. The number of nitrogens with one attached hydrogen (secondary N) is 2. The van der Waals surface area contributed by atoms with Crippen LogP contribution in [0.4, 0.5) is 11.4 Å². The lowest BCUT2D eigenvalue weighted by atomic mass is 10.1. The molecular weight excluding hydrogens is 312 g/mol. The lowest BCUT2D eigenvalue weighted by Gasteiger charge is -2.08. The quantitative estimate of drug-likeness (QED) is 0.622. The fourth-order valence-electron chi connectivity index (χ4n) is 2.27. The third-order valence-electron chi connectivity index (χ3n) is 3.87. The van der Waals surface area contributed by atoms with Crippen molar-refractivity contribution in [1.29, 1.82) is 0 Å². The van der Waals surface area contributed by atoms with Crippen molar-refractivity contribution in [3.63, 3.8) is 0 Å². The second-order valence-corrected chi connectivity index (χ2v) is 5.84. The molecule has 1 aromatic heterocycles. The normalized spacial score (nSPS) is 13.6. The van der Waals surface area contributed by atoms with Crippen LogP contribution in [0, 0.1) is 24.0 Å². The molecule has 1 saturated carbocycles. The second kappa shape index (κ2) is 6.31. The fraction of sp³-hybridized carbons (Fsp3) is 0.375. The van der Waals surface area contributed by atoms with Crippen molar-refractivity contribution in [2.24, 2.45) is 0 Å². The van der Waals surface area contributed by atoms with Crippen LogP contribution in [0.1, 0.15) is 40.5 Å². The Morgan fingerprint density at radius 2 is 2.17 bits per heavy atom. The van der Waals surface area contributed by atoms with E-state index in [0.717, 1.165) is 18.5 Å². The maximum atomic E-state index is 12.2. The number of amides is 1. The van der Waals surface area contributed by atoms with Gasteiger partial charge in [0.2, 0.25) is 5.89 Å². The lowest BCUT2D eigenvalue weighted by molar-refractivity contribution is -0.384. The maximum Gasteiger partial charge on any atom is 0.293 e. The van der Waals surface area contributed by atoms with Gasteiger partial charge in [0.25, 0.3) is 11.6 Å². The van der Waals surface area contributed by atoms with Gasteiger partial charge in [-0.2, -0.15) is 0 Å². The molecule has 8 nitrogen and oxygen atoms in total. The predicted molar refractivity (Wildman–Crippen MR) is 86.9 cm³/mol. The molecular formula is C16H18N4O4. The standard InChI is InChI=1S/C16H18N4O4/c1-9-10(2)24-15(18-9)8-17-16(21)11-3-6-13(19-12-4-5-12)14(7-11)20(22)23/h3,6-7,12,19H,4-5,8H2,1-2H3,(H,17,21). The first-order chi connectivity index (χ1) is 11.4. The summed E-state index contributed by atoms with van der Waals surface area (Å²) in [7, 11) is 0. The van der Waals surface area contributed by atoms with Crippen LogP contribution in [0.15, 0.2) is 22.6 Å². The number of oxazole rings is 1. The minimum atomic E-state index is -0.484. The van der Waals surface area contributed by atoms with Crippen LogP contribution < -0.4 is 10.6 Å². The number of nitrogens with zero attached hydrogens (tertiary/aromatic N) is 2. The van der Waals surface area contributed by atoms with Crippen LogP contribution in [-0.2, 0) is 6.54 Å². The van der Waals surface area contributed by atoms with Gasteiger partial charge < -0.3 is 15.1 Å². The molecule has 1 heterocycles. The molecule has 126 valence electrons. The first-order valence-electron chi connectivity index (χ1n) is 7.70. The SMILES string of the molecule is Cc1nc(CNC(=O)c2ccc(NC3CC3)c([N+](=O)[O-])c2)oc1C. The number of aryl methyl sites for hydroxylation is 2. The van der Waals surface area contributed by atoms with Gasteiger partial charge in [0.1, 0.15) is 11.4 Å². The minimum Gasteiger partial charge on any atom is -0.444 e. The third-order valence-corrected chi connectivity index (χ3v) is 3.87. The van der Waals surface area contributed by atoms with Crippen LogP contribution in [0.2, 0.25) is 0 Å². The average Bonchev–Trinajstić information content (AvgIpc) is 3.30. The number of carbonyl (C=O) groups excluding carboxylic acids is 1. The Balaban J connectivity index is 1.71. The van der Waals surface area contributed by atoms with Crippen molar-refractivity contribution in [2.45, 2.75) is 39.3 Å².